The number of carboxylic acids is 1. The number of esters is 1. The maximum absolute atomic E-state index is 15.5. The number of H-pyrrole nitrogens is 1. The molecule has 2 aromatic carbocycles. The van der Waals surface area contributed by atoms with E-state index in [9.17, 15) is 70.9 Å². The number of carboxylic acid groups (broad SMARTS) is 1. The van der Waals surface area contributed by atoms with Gasteiger partial charge in [0.15, 0.2) is 23.0 Å². The number of fused-ring (bicyclic) bond motifs is 7. The normalized spacial score (nSPS) is 34.0. The molecular weight excluding hydrogens is 1060 g/mol. The third kappa shape index (κ3) is 8.13. The zero-order chi connectivity index (χ0) is 57.3. The van der Waals surface area contributed by atoms with Crippen LogP contribution < -0.4 is 20.8 Å². The van der Waals surface area contributed by atoms with Gasteiger partial charge in [-0.3, -0.25) is 10.1 Å². The molecule has 426 valence electrons. The minimum atomic E-state index is -3.90. The minimum Gasteiger partial charge on any atom is -0.507 e. The van der Waals surface area contributed by atoms with Gasteiger partial charge in [0, 0.05) is 82.9 Å². The predicted octanol–water partition coefficient (Wildman–Crippen LogP) is 0.610. The lowest BCUT2D eigenvalue weighted by Crippen LogP contribution is -2.80. The van der Waals surface area contributed by atoms with Gasteiger partial charge in [-0.25, -0.2) is 9.59 Å². The van der Waals surface area contributed by atoms with Crippen LogP contribution in [0.2, 0.25) is 0 Å². The fourth-order valence-corrected chi connectivity index (χ4v) is 13.1. The summed E-state index contributed by atoms with van der Waals surface area (Å²) >= 11 is 0. The number of benzene rings is 2. The molecule has 2 aromatic heterocycles. The second-order valence-corrected chi connectivity index (χ2v) is 22.3. The van der Waals surface area contributed by atoms with Crippen LogP contribution in [-0.2, 0) is 36.6 Å². The number of aromatic hydroxyl groups is 3. The fraction of sp³-hybridized carbons (Fsp3) is 0.466. The lowest BCUT2D eigenvalue weighted by molar-refractivity contribution is -0.399. The van der Waals surface area contributed by atoms with E-state index in [0.29, 0.717) is 29.8 Å². The number of dihydropyridines is 1. The van der Waals surface area contributed by atoms with Crippen molar-refractivity contribution < 1.29 is 94.2 Å². The molecular formula is C58H59N3O20. The van der Waals surface area contributed by atoms with Crippen molar-refractivity contribution in [3.8, 4) is 58.0 Å². The number of aliphatic hydroxyl groups is 8. The lowest BCUT2D eigenvalue weighted by atomic mass is 9.67. The summed E-state index contributed by atoms with van der Waals surface area (Å²) in [7, 11) is 0. The SMILES string of the molecule is C[C@H]1CCNC2NC(CC3CCCC3)=C([C@H]3C=C4Cc5[nH]ccc5C#CC[C@]5(O)[C@H](O)[C@@H](O)[C@@]4(Oc4cc6oc(-c7cc(O)c(O)c(CCO)c7)cc(=O)c6c(O)c43)O[C@@]53CC#C[C@]4(C(=O)O)O[C@H](OC3=O)[C@H](O)[C@@H](O)C4(O)O)C=C21. The lowest BCUT2D eigenvalue weighted by Gasteiger charge is -2.57. The quantitative estimate of drug-likeness (QED) is 0.0396. The van der Waals surface area contributed by atoms with E-state index in [-0.39, 0.29) is 69.8 Å². The van der Waals surface area contributed by atoms with Gasteiger partial charge in [-0.2, -0.15) is 0 Å². The van der Waals surface area contributed by atoms with Gasteiger partial charge in [-0.1, -0.05) is 62.5 Å². The maximum Gasteiger partial charge on any atom is 0.354 e. The van der Waals surface area contributed by atoms with Crippen molar-refractivity contribution in [1.29, 1.82) is 0 Å². The molecule has 81 heavy (non-hydrogen) atoms. The van der Waals surface area contributed by atoms with E-state index in [4.69, 9.17) is 23.4 Å². The van der Waals surface area contributed by atoms with Gasteiger partial charge in [0.25, 0.3) is 11.4 Å². The third-order valence-corrected chi connectivity index (χ3v) is 17.6. The Morgan fingerprint density at radius 2 is 1.70 bits per heavy atom. The Bertz CT molecular complexity index is 3610. The average molecular weight is 1120 g/mol. The molecule has 1 saturated carbocycles. The van der Waals surface area contributed by atoms with Crippen LogP contribution in [0.3, 0.4) is 0 Å². The summed E-state index contributed by atoms with van der Waals surface area (Å²) in [5, 5.41) is 145. The monoisotopic (exact) mass is 1120 g/mol. The first-order valence-corrected chi connectivity index (χ1v) is 26.8. The summed E-state index contributed by atoms with van der Waals surface area (Å²) in [6.07, 6.45) is -5.76. The number of phenolic OH excluding ortho intramolecular Hbond substituents is 3. The summed E-state index contributed by atoms with van der Waals surface area (Å²) in [5.41, 5.74) is -8.18. The number of aromatic amines is 1. The van der Waals surface area contributed by atoms with Crippen molar-refractivity contribution >= 4 is 22.9 Å². The van der Waals surface area contributed by atoms with Crippen molar-refractivity contribution in [3.63, 3.8) is 0 Å². The number of carbonyl (C=O) groups excluding carboxylic acids is 1. The molecule has 12 atom stereocenters. The van der Waals surface area contributed by atoms with Crippen LogP contribution in [-0.4, -0.2) is 157 Å². The number of piperidine rings is 1. The molecule has 4 fully saturated rings. The number of aliphatic hydroxyl groups excluding tert-OH is 5. The maximum atomic E-state index is 15.5. The van der Waals surface area contributed by atoms with E-state index < -0.39 is 125 Å². The number of hydrogen-bond acceptors (Lipinski definition) is 21. The molecule has 2 aliphatic carbocycles. The van der Waals surface area contributed by atoms with E-state index in [1.54, 1.807) is 18.3 Å². The summed E-state index contributed by atoms with van der Waals surface area (Å²) in [6.45, 7) is 2.36. The van der Waals surface area contributed by atoms with E-state index >= 15 is 4.79 Å². The van der Waals surface area contributed by atoms with Gasteiger partial charge >= 0.3 is 11.9 Å². The number of aromatic nitrogens is 1. The Morgan fingerprint density at radius 1 is 0.926 bits per heavy atom. The Hall–Kier alpha value is -7.23. The first-order valence-electron chi connectivity index (χ1n) is 26.8. The van der Waals surface area contributed by atoms with Crippen LogP contribution in [0.15, 0.2) is 80.3 Å². The van der Waals surface area contributed by atoms with Gasteiger partial charge in [0.05, 0.1) is 12.6 Å². The number of carbonyl (C=O) groups is 2. The highest BCUT2D eigenvalue weighted by molar-refractivity contribution is 5.90. The van der Waals surface area contributed by atoms with Crippen molar-refractivity contribution in [2.24, 2.45) is 11.8 Å². The highest BCUT2D eigenvalue weighted by atomic mass is 16.8. The number of ether oxygens (including phenoxy) is 4. The highest BCUT2D eigenvalue weighted by Crippen LogP contribution is 2.57. The number of hydrogen-bond donors (Lipinski definition) is 15. The van der Waals surface area contributed by atoms with Crippen molar-refractivity contribution in [2.75, 3.05) is 13.2 Å². The predicted molar refractivity (Wildman–Crippen MR) is 278 cm³/mol. The Labute approximate surface area is 460 Å². The highest BCUT2D eigenvalue weighted by Gasteiger charge is 2.76. The first kappa shape index (κ1) is 54.4. The van der Waals surface area contributed by atoms with Crippen molar-refractivity contribution in [3.05, 3.63) is 104 Å². The second-order valence-electron chi connectivity index (χ2n) is 22.3. The van der Waals surface area contributed by atoms with Gasteiger partial charge in [-0.05, 0) is 72.9 Å². The standard InChI is InChI=1S/C58H59N3O20/c1-26-9-15-60-50-32(26)23-33(36(61-50)18-27-6-2-3-7-27)34-21-31-22-35-28(10-16-59-35)8-4-12-54(74)48(69)49(70)57(31,81-56(54)14-5-13-55(52(71)72)58(75,76)47(68)46(67)51(80-55)78-53(56)73)79-41-25-40-43(45(66)42(34)41)37(63)24-39(77-40)30-19-29(11-17-62)44(65)38(64)20-30/h10,16,19-21,23-27,34,46-51,59-62,64-70,74-76H,2-3,6-7,9,11-12,14-15,17-18,22H2,1H3,(H,71,72)/t26-,34+,46+,47+,48+,49+,50?,51-,54-,55+,56+,57-/m0/s1. The Morgan fingerprint density at radius 3 is 2.46 bits per heavy atom. The molecule has 15 N–H and O–H groups in total. The van der Waals surface area contributed by atoms with Crippen LogP contribution in [0.4, 0.5) is 0 Å². The molecule has 23 nitrogen and oxygen atoms in total. The summed E-state index contributed by atoms with van der Waals surface area (Å²) in [4.78, 5) is 46.4. The molecule has 23 heteroatoms. The summed E-state index contributed by atoms with van der Waals surface area (Å²) < 4.78 is 31.5. The van der Waals surface area contributed by atoms with Crippen LogP contribution in [0.1, 0.15) is 86.6 Å². The number of nitrogens with one attached hydrogen (secondary N) is 3. The Balaban J connectivity index is 1.16. The minimum absolute atomic E-state index is 0.0227. The molecule has 9 aliphatic rings. The summed E-state index contributed by atoms with van der Waals surface area (Å²) in [6, 6.07) is 6.40. The van der Waals surface area contributed by atoms with E-state index in [1.165, 1.54) is 12.1 Å². The van der Waals surface area contributed by atoms with Gasteiger partial charge in [-0.15, -0.1) is 0 Å². The zero-order valence-electron chi connectivity index (χ0n) is 43.4. The van der Waals surface area contributed by atoms with Gasteiger partial charge in [0.1, 0.15) is 52.1 Å². The van der Waals surface area contributed by atoms with Crippen LogP contribution >= 0.6 is 0 Å². The Kier molecular flexibility index (Phi) is 13.1. The number of phenols is 3. The molecule has 2 spiro atoms. The molecule has 4 bridgehead atoms. The molecule has 3 saturated heterocycles. The zero-order valence-corrected chi connectivity index (χ0v) is 43.4. The molecule has 1 unspecified atom stereocenters. The second kappa shape index (κ2) is 19.5. The topological polar surface area (TPSA) is 384 Å². The fourth-order valence-electron chi connectivity index (χ4n) is 13.1. The largest absolute Gasteiger partial charge is 0.507 e. The summed E-state index contributed by atoms with van der Waals surface area (Å²) in [5.74, 6) is -4.11. The van der Waals surface area contributed by atoms with Crippen LogP contribution in [0.25, 0.3) is 22.3 Å². The molecule has 7 aliphatic heterocycles. The van der Waals surface area contributed by atoms with Gasteiger partial charge in [0.2, 0.25) is 17.7 Å². The van der Waals surface area contributed by atoms with E-state index in [0.717, 1.165) is 55.5 Å². The first-order chi connectivity index (χ1) is 38.6. The van der Waals surface area contributed by atoms with Crippen molar-refractivity contribution in [2.45, 2.75) is 142 Å². The molecule has 0 amide bonds. The van der Waals surface area contributed by atoms with E-state index in [2.05, 4.69) is 46.2 Å². The third-order valence-electron chi connectivity index (χ3n) is 17.6. The molecule has 13 rings (SSSR count). The van der Waals surface area contributed by atoms with Gasteiger partial charge < -0.3 is 94.9 Å². The smallest absolute Gasteiger partial charge is 0.354 e. The van der Waals surface area contributed by atoms with E-state index in [1.807, 2.05) is 6.08 Å². The molecule has 0 radical (unpaired) electrons. The number of aliphatic carboxylic acids is 1. The van der Waals surface area contributed by atoms with Crippen molar-refractivity contribution in [1.82, 2.24) is 15.6 Å². The van der Waals surface area contributed by atoms with Crippen LogP contribution in [0, 0.1) is 35.5 Å². The average Bonchev–Trinajstić information content (AvgIpc) is 4.28. The number of rotatable bonds is 7. The molecule has 9 heterocycles. The van der Waals surface area contributed by atoms with Crippen LogP contribution in [0.5, 0.6) is 23.0 Å². The molecule has 4 aromatic rings. The number of allylic oxidation sites excluding steroid dienone is 4.